The summed E-state index contributed by atoms with van der Waals surface area (Å²) in [5.41, 5.74) is 1.79. The maximum Gasteiger partial charge on any atom is 0.355 e. The number of fused-ring (bicyclic) bond motifs is 1. The molecule has 0 amide bonds. The van der Waals surface area contributed by atoms with Crippen LogP contribution in [0.15, 0.2) is 38.4 Å². The second-order valence-electron chi connectivity index (χ2n) is 4.40. The maximum atomic E-state index is 12.0. The summed E-state index contributed by atoms with van der Waals surface area (Å²) in [7, 11) is -8.68. The fourth-order valence-electron chi connectivity index (χ4n) is 1.72. The van der Waals surface area contributed by atoms with Crippen molar-refractivity contribution in [3.8, 4) is 0 Å². The van der Waals surface area contributed by atoms with Gasteiger partial charge in [0.05, 0.1) is 17.2 Å². The second-order valence-corrected chi connectivity index (χ2v) is 8.05. The fourth-order valence-corrected chi connectivity index (χ4v) is 4.27. The zero-order valence-corrected chi connectivity index (χ0v) is 12.6. The van der Waals surface area contributed by atoms with Crippen LogP contribution in [-0.4, -0.2) is 32.9 Å². The molecule has 0 saturated heterocycles. The molecule has 1 heterocycles. The first-order valence-electron chi connectivity index (χ1n) is 5.85. The van der Waals surface area contributed by atoms with Gasteiger partial charge in [0.25, 0.3) is 10.1 Å². The molecule has 0 radical (unpaired) electrons. The summed E-state index contributed by atoms with van der Waals surface area (Å²) in [6.45, 7) is 0. The van der Waals surface area contributed by atoms with Gasteiger partial charge in [-0.05, 0) is 18.2 Å². The predicted molar refractivity (Wildman–Crippen MR) is 78.8 cm³/mol. The maximum absolute atomic E-state index is 12.0. The first kappa shape index (κ1) is 16.4. The second kappa shape index (κ2) is 5.68. The van der Waals surface area contributed by atoms with Crippen LogP contribution in [0, 0.1) is 0 Å². The number of hydrogen-bond acceptors (Lipinski definition) is 8. The Morgan fingerprint density at radius 2 is 1.82 bits per heavy atom. The van der Waals surface area contributed by atoms with Crippen molar-refractivity contribution in [2.75, 3.05) is 16.9 Å². The number of sulfone groups is 1. The van der Waals surface area contributed by atoms with Crippen molar-refractivity contribution in [2.24, 2.45) is 5.84 Å². The number of benzene rings is 1. The van der Waals surface area contributed by atoms with E-state index >= 15 is 0 Å². The summed E-state index contributed by atoms with van der Waals surface area (Å²) in [6, 6.07) is 5.51. The molecule has 0 aliphatic heterocycles. The number of rotatable bonds is 5. The fraction of sp³-hybridized carbons (Fsp3) is 0.182. The standard InChI is InChI=1S/C11H12N2O7S2/c12-13-8-2-1-7-5-10(11(14)20-9(7)6-8)21(15,16)3-4-22(17,18)19/h1-2,5-6,13H,3-4,12H2,(H,17,18,19). The number of hydrazine groups is 1. The summed E-state index contributed by atoms with van der Waals surface area (Å²) in [6.07, 6.45) is 0. The highest BCUT2D eigenvalue weighted by atomic mass is 32.2. The van der Waals surface area contributed by atoms with E-state index in [0.717, 1.165) is 6.07 Å². The number of anilines is 1. The van der Waals surface area contributed by atoms with Gasteiger partial charge in [-0.15, -0.1) is 0 Å². The molecule has 0 spiro atoms. The minimum Gasteiger partial charge on any atom is -0.422 e. The third kappa shape index (κ3) is 3.62. The van der Waals surface area contributed by atoms with Crippen LogP contribution in [0.3, 0.4) is 0 Å². The molecule has 0 aliphatic rings. The van der Waals surface area contributed by atoms with E-state index in [2.05, 4.69) is 5.43 Å². The smallest absolute Gasteiger partial charge is 0.355 e. The number of nitrogens with two attached hydrogens (primary N) is 1. The quantitative estimate of drug-likeness (QED) is 0.286. The lowest BCUT2D eigenvalue weighted by molar-refractivity contribution is 0.483. The Labute approximate surface area is 125 Å². The van der Waals surface area contributed by atoms with Gasteiger partial charge >= 0.3 is 5.63 Å². The van der Waals surface area contributed by atoms with Crippen molar-refractivity contribution in [3.05, 3.63) is 34.7 Å². The normalized spacial score (nSPS) is 12.5. The Morgan fingerprint density at radius 3 is 2.41 bits per heavy atom. The van der Waals surface area contributed by atoms with Crippen LogP contribution in [0.1, 0.15) is 0 Å². The lowest BCUT2D eigenvalue weighted by Crippen LogP contribution is -2.21. The van der Waals surface area contributed by atoms with Crippen LogP contribution < -0.4 is 16.9 Å². The zero-order chi connectivity index (χ0) is 16.5. The largest absolute Gasteiger partial charge is 0.422 e. The third-order valence-electron chi connectivity index (χ3n) is 2.82. The Morgan fingerprint density at radius 1 is 1.14 bits per heavy atom. The molecule has 2 rings (SSSR count). The molecule has 120 valence electrons. The van der Waals surface area contributed by atoms with Gasteiger partial charge in [0.15, 0.2) is 14.7 Å². The van der Waals surface area contributed by atoms with Gasteiger partial charge in [-0.3, -0.25) is 10.4 Å². The highest BCUT2D eigenvalue weighted by Crippen LogP contribution is 2.20. The molecule has 1 aromatic carbocycles. The molecule has 0 unspecified atom stereocenters. The molecular formula is C11H12N2O7S2. The number of nitrogens with one attached hydrogen (secondary N) is 1. The highest BCUT2D eigenvalue weighted by molar-refractivity contribution is 7.93. The van der Waals surface area contributed by atoms with Crippen molar-refractivity contribution in [1.29, 1.82) is 0 Å². The van der Waals surface area contributed by atoms with Crippen molar-refractivity contribution < 1.29 is 25.8 Å². The van der Waals surface area contributed by atoms with E-state index in [9.17, 15) is 21.6 Å². The van der Waals surface area contributed by atoms with Crippen LogP contribution in [0.4, 0.5) is 5.69 Å². The first-order valence-corrected chi connectivity index (χ1v) is 9.11. The zero-order valence-electron chi connectivity index (χ0n) is 11.0. The van der Waals surface area contributed by atoms with Gasteiger partial charge in [0.2, 0.25) is 0 Å². The number of hydrogen-bond donors (Lipinski definition) is 3. The van der Waals surface area contributed by atoms with E-state index in [4.69, 9.17) is 14.8 Å². The molecule has 22 heavy (non-hydrogen) atoms. The van der Waals surface area contributed by atoms with Gasteiger partial charge in [0, 0.05) is 11.5 Å². The van der Waals surface area contributed by atoms with Gasteiger partial charge in [0.1, 0.15) is 5.58 Å². The summed E-state index contributed by atoms with van der Waals surface area (Å²) in [5.74, 6) is 3.27. The van der Waals surface area contributed by atoms with E-state index in [1.165, 1.54) is 18.2 Å². The lowest BCUT2D eigenvalue weighted by atomic mass is 10.2. The summed E-state index contributed by atoms with van der Waals surface area (Å²) < 4.78 is 58.8. The van der Waals surface area contributed by atoms with Gasteiger partial charge in [-0.2, -0.15) is 8.42 Å². The molecule has 0 fully saturated rings. The van der Waals surface area contributed by atoms with Crippen molar-refractivity contribution in [2.45, 2.75) is 4.90 Å². The monoisotopic (exact) mass is 348 g/mol. The molecule has 0 saturated carbocycles. The van der Waals surface area contributed by atoms with Crippen LogP contribution in [0.2, 0.25) is 0 Å². The molecule has 2 aromatic rings. The minimum atomic E-state index is -4.46. The average Bonchev–Trinajstić information content (AvgIpc) is 2.43. The predicted octanol–water partition coefficient (Wildman–Crippen LogP) is -0.260. The van der Waals surface area contributed by atoms with E-state index in [1.807, 2.05) is 0 Å². The van der Waals surface area contributed by atoms with Crippen molar-refractivity contribution in [3.63, 3.8) is 0 Å². The van der Waals surface area contributed by atoms with Crippen LogP contribution in [-0.2, 0) is 20.0 Å². The Kier molecular flexibility index (Phi) is 4.24. The molecule has 0 bridgehead atoms. The van der Waals surface area contributed by atoms with E-state index in [-0.39, 0.29) is 5.58 Å². The van der Waals surface area contributed by atoms with Crippen molar-refractivity contribution in [1.82, 2.24) is 0 Å². The van der Waals surface area contributed by atoms with E-state index in [0.29, 0.717) is 11.1 Å². The highest BCUT2D eigenvalue weighted by Gasteiger charge is 2.23. The first-order chi connectivity index (χ1) is 10.1. The van der Waals surface area contributed by atoms with Gasteiger partial charge < -0.3 is 9.84 Å². The molecule has 11 heteroatoms. The molecule has 4 N–H and O–H groups in total. The lowest BCUT2D eigenvalue weighted by Gasteiger charge is -2.05. The Bertz CT molecular complexity index is 977. The summed E-state index contributed by atoms with van der Waals surface area (Å²) >= 11 is 0. The van der Waals surface area contributed by atoms with E-state index in [1.54, 1.807) is 0 Å². The van der Waals surface area contributed by atoms with Crippen LogP contribution in [0.25, 0.3) is 11.0 Å². The van der Waals surface area contributed by atoms with Gasteiger partial charge in [-0.25, -0.2) is 13.2 Å². The third-order valence-corrected chi connectivity index (χ3v) is 5.49. The molecule has 0 aliphatic carbocycles. The summed E-state index contributed by atoms with van der Waals surface area (Å²) in [5, 5.41) is 0.323. The topological polar surface area (TPSA) is 157 Å². The van der Waals surface area contributed by atoms with Gasteiger partial charge in [-0.1, -0.05) is 0 Å². The Balaban J connectivity index is 2.52. The van der Waals surface area contributed by atoms with Crippen LogP contribution in [0.5, 0.6) is 0 Å². The van der Waals surface area contributed by atoms with Crippen molar-refractivity contribution >= 4 is 36.6 Å². The molecule has 9 nitrogen and oxygen atoms in total. The minimum absolute atomic E-state index is 0.120. The van der Waals surface area contributed by atoms with Crippen LogP contribution >= 0.6 is 0 Å². The van der Waals surface area contributed by atoms with E-state index < -0.39 is 42.0 Å². The molecule has 0 atom stereocenters. The summed E-state index contributed by atoms with van der Waals surface area (Å²) in [4.78, 5) is 11.1. The molecular weight excluding hydrogens is 336 g/mol. The molecule has 1 aromatic heterocycles. The number of nitrogen functional groups attached to an aromatic ring is 1. The Hall–Kier alpha value is -1.95. The average molecular weight is 348 g/mol. The SMILES string of the molecule is NNc1ccc2cc(S(=O)(=O)CCS(=O)(=O)O)c(=O)oc2c1.